The number of Topliss-reactive ketones (excluding diaryl/α,β-unsaturated/α-hetero) is 2. The van der Waals surface area contributed by atoms with Crippen LogP contribution in [0.2, 0.25) is 0 Å². The van der Waals surface area contributed by atoms with E-state index >= 15 is 0 Å². The van der Waals surface area contributed by atoms with Gasteiger partial charge in [-0.05, 0) is 74.6 Å². The minimum absolute atomic E-state index is 0.0133. The van der Waals surface area contributed by atoms with Crippen LogP contribution >= 0.6 is 11.8 Å². The van der Waals surface area contributed by atoms with Crippen LogP contribution in [0.15, 0.2) is 54.6 Å². The molecule has 470 valence electrons. The van der Waals surface area contributed by atoms with E-state index in [1.165, 1.54) is 12.1 Å². The number of aliphatic carboxylic acids is 1. The molecule has 2 saturated heterocycles. The summed E-state index contributed by atoms with van der Waals surface area (Å²) in [6, 6.07) is 10.3. The van der Waals surface area contributed by atoms with Crippen LogP contribution in [0.25, 0.3) is 0 Å². The van der Waals surface area contributed by atoms with Gasteiger partial charge in [0, 0.05) is 88.7 Å². The van der Waals surface area contributed by atoms with E-state index in [4.69, 9.17) is 16.9 Å². The van der Waals surface area contributed by atoms with E-state index < -0.39 is 125 Å². The van der Waals surface area contributed by atoms with Gasteiger partial charge in [-0.2, -0.15) is 0 Å². The number of amides is 10. The number of unbranched alkanes of at least 4 members (excludes halogenated alkanes) is 3. The van der Waals surface area contributed by atoms with Gasteiger partial charge in [-0.3, -0.25) is 72.6 Å². The van der Waals surface area contributed by atoms with Gasteiger partial charge in [-0.15, -0.1) is 11.8 Å². The molecule has 0 saturated carbocycles. The number of benzene rings is 2. The second kappa shape index (κ2) is 37.1. The molecule has 0 aromatic heterocycles. The molecule has 7 atom stereocenters. The van der Waals surface area contributed by atoms with Crippen molar-refractivity contribution >= 4 is 94.3 Å². The first-order valence-electron chi connectivity index (χ1n) is 29.0. The number of hydrogen-bond acceptors (Lipinski definition) is 16. The first-order chi connectivity index (χ1) is 41.0. The molecule has 2 aromatic rings. The molecule has 0 radical (unpaired) electrons. The van der Waals surface area contributed by atoms with Gasteiger partial charge in [-0.25, -0.2) is 0 Å². The highest BCUT2D eigenvalue weighted by molar-refractivity contribution is 8.00. The molecule has 2 fully saturated rings. The zero-order valence-corrected chi connectivity index (χ0v) is 49.2. The number of aromatic hydroxyl groups is 1. The van der Waals surface area contributed by atoms with E-state index in [2.05, 4.69) is 42.5 Å². The number of primary amides is 1. The molecule has 2 heterocycles. The van der Waals surface area contributed by atoms with E-state index in [1.807, 2.05) is 6.92 Å². The summed E-state index contributed by atoms with van der Waals surface area (Å²) in [5, 5.41) is 46.7. The number of rotatable bonds is 33. The highest BCUT2D eigenvalue weighted by Crippen LogP contribution is 2.27. The maximum absolute atomic E-state index is 14.3. The summed E-state index contributed by atoms with van der Waals surface area (Å²) in [6.45, 7) is 1.47. The molecule has 2 aliphatic heterocycles. The van der Waals surface area contributed by atoms with Crippen molar-refractivity contribution in [3.63, 3.8) is 0 Å². The number of ketones is 2. The zero-order chi connectivity index (χ0) is 63.1. The number of nitrogens with two attached hydrogens (primary N) is 2. The predicted molar refractivity (Wildman–Crippen MR) is 315 cm³/mol. The highest BCUT2D eigenvalue weighted by atomic mass is 32.2. The Morgan fingerprint density at radius 1 is 0.686 bits per heavy atom. The average Bonchev–Trinajstić information content (AvgIpc) is 3.45. The number of nitrogens with zero attached hydrogens (tertiary/aromatic N) is 1. The summed E-state index contributed by atoms with van der Waals surface area (Å²) < 4.78 is 0. The Hall–Kier alpha value is -8.43. The minimum atomic E-state index is -1.53. The standard InChI is InChI=1S/C58H82N12O15S/c1-2-12-48(75)67-42(28-36-18-20-39(71)21-19-36)56(84)63-24-9-4-7-17-49(76)68-43(53(59)81)34-86-46-32-51(78)70(57(46)85)26-22-47(74)62-23-10-8-15-37-29-44(72)38(27-35-13-5-3-6-14-35)30-45(73)41(31-52(79)80)66-50(77)33-65-55(83)40(69-54(37)82)16-11-25-64-58(60)61/h3,5-6,13-14,18-21,37-38,40-43,46,71H,2,4,7-12,15-17,22-34H2,1H3,(H2,59,81)(H,62,74)(H,63,84)(H,65,83)(H,66,77)(H,67,75)(H,68,76)(H,69,82)(H,79,80)(H4,60,61,64)/t37?,38-,40?,41?,42?,43?,46?/m0/s1. The molecule has 10 amide bonds. The molecule has 2 aromatic carbocycles. The number of thioether (sulfide) groups is 1. The van der Waals surface area contributed by atoms with Gasteiger partial charge in [0.2, 0.25) is 59.1 Å². The van der Waals surface area contributed by atoms with Crippen molar-refractivity contribution in [2.75, 3.05) is 38.5 Å². The van der Waals surface area contributed by atoms with E-state index in [-0.39, 0.29) is 126 Å². The SMILES string of the molecule is CCCC(=O)NC(Cc1ccc(O)cc1)C(=O)NCCCCCC(=O)NC(CSC1CC(=O)N(CCC(=O)NCCCCC2CC(=O)[C@@H](Cc3ccccc3)CC(=O)C(CC(=O)O)NC(=O)CNC(=O)C(CCCNC(=N)N)NC2=O)C1=O)C(N)=O. The predicted octanol–water partition coefficient (Wildman–Crippen LogP) is -0.366. The van der Waals surface area contributed by atoms with Crippen LogP contribution < -0.4 is 54.0 Å². The van der Waals surface area contributed by atoms with Crippen molar-refractivity contribution in [1.29, 1.82) is 5.41 Å². The monoisotopic (exact) mass is 1220 g/mol. The molecule has 2 aliphatic rings. The number of likely N-dealkylation sites (tertiary alicyclic amines) is 1. The van der Waals surface area contributed by atoms with Crippen LogP contribution in [0.3, 0.4) is 0 Å². The van der Waals surface area contributed by atoms with Crippen molar-refractivity contribution in [3.05, 3.63) is 65.7 Å². The Kier molecular flexibility index (Phi) is 30.2. The van der Waals surface area contributed by atoms with Crippen LogP contribution in [0, 0.1) is 17.2 Å². The number of phenolic OH excluding ortho intramolecular Hbond substituents is 1. The van der Waals surface area contributed by atoms with Crippen LogP contribution in [-0.2, 0) is 75.2 Å². The third-order valence-corrected chi connectivity index (χ3v) is 15.6. The lowest BCUT2D eigenvalue weighted by Gasteiger charge is -2.24. The molecule has 0 spiro atoms. The van der Waals surface area contributed by atoms with E-state index in [0.29, 0.717) is 37.7 Å². The van der Waals surface area contributed by atoms with Gasteiger partial charge < -0.3 is 64.2 Å². The maximum Gasteiger partial charge on any atom is 0.305 e. The van der Waals surface area contributed by atoms with Gasteiger partial charge in [0.1, 0.15) is 29.7 Å². The first-order valence-corrected chi connectivity index (χ1v) is 30.0. The average molecular weight is 1220 g/mol. The number of carboxylic acids is 1. The van der Waals surface area contributed by atoms with E-state index in [9.17, 15) is 72.5 Å². The quantitative estimate of drug-likeness (QED) is 0.0188. The van der Waals surface area contributed by atoms with Gasteiger partial charge in [0.05, 0.1) is 24.3 Å². The lowest BCUT2D eigenvalue weighted by atomic mass is 9.83. The van der Waals surface area contributed by atoms with E-state index in [0.717, 1.165) is 22.2 Å². The first kappa shape index (κ1) is 70.1. The molecule has 28 heteroatoms. The van der Waals surface area contributed by atoms with Crippen molar-refractivity contribution in [3.8, 4) is 5.75 Å². The summed E-state index contributed by atoms with van der Waals surface area (Å²) >= 11 is 0.970. The normalized spacial score (nSPS) is 19.3. The number of carboxylic acid groups (broad SMARTS) is 1. The molecular weight excluding hydrogens is 1140 g/mol. The molecule has 27 nitrogen and oxygen atoms in total. The Morgan fingerprint density at radius 3 is 2.03 bits per heavy atom. The van der Waals surface area contributed by atoms with Crippen LogP contribution in [0.5, 0.6) is 5.75 Å². The fraction of sp³-hybridized carbons (Fsp3) is 0.552. The Morgan fingerprint density at radius 2 is 1.35 bits per heavy atom. The van der Waals surface area contributed by atoms with Crippen LogP contribution in [0.4, 0.5) is 0 Å². The largest absolute Gasteiger partial charge is 0.508 e. The van der Waals surface area contributed by atoms with Crippen molar-refractivity contribution in [1.82, 2.24) is 47.4 Å². The second-order valence-corrected chi connectivity index (χ2v) is 22.5. The third kappa shape index (κ3) is 25.8. The minimum Gasteiger partial charge on any atom is -0.508 e. The summed E-state index contributed by atoms with van der Waals surface area (Å²) in [5.74, 6) is -10.9. The third-order valence-electron chi connectivity index (χ3n) is 14.3. The molecule has 6 unspecified atom stereocenters. The molecule has 4 rings (SSSR count). The summed E-state index contributed by atoms with van der Waals surface area (Å²) in [4.78, 5) is 171. The number of nitrogens with one attached hydrogen (secondary N) is 9. The molecule has 86 heavy (non-hydrogen) atoms. The van der Waals surface area contributed by atoms with Gasteiger partial charge >= 0.3 is 5.97 Å². The summed E-state index contributed by atoms with van der Waals surface area (Å²) in [5.41, 5.74) is 12.4. The Balaban J connectivity index is 1.26. The topological polar surface area (TPSA) is 438 Å². The number of imide groups is 1. The number of guanidine groups is 1. The molecule has 15 N–H and O–H groups in total. The summed E-state index contributed by atoms with van der Waals surface area (Å²) in [7, 11) is 0. The molecule has 0 aliphatic carbocycles. The van der Waals surface area contributed by atoms with Gasteiger partial charge in [0.25, 0.3) is 0 Å². The number of hydrogen-bond donors (Lipinski definition) is 13. The zero-order valence-electron chi connectivity index (χ0n) is 48.4. The number of carbonyl (C=O) groups excluding carboxylic acids is 12. The fourth-order valence-corrected chi connectivity index (χ4v) is 10.8. The Labute approximate surface area is 503 Å². The van der Waals surface area contributed by atoms with E-state index in [1.54, 1.807) is 42.5 Å². The Bertz CT molecular complexity index is 2720. The smallest absolute Gasteiger partial charge is 0.305 e. The number of carbonyl (C=O) groups is 13. The molecule has 0 bridgehead atoms. The van der Waals surface area contributed by atoms with Gasteiger partial charge in [-0.1, -0.05) is 62.2 Å². The second-order valence-electron chi connectivity index (χ2n) is 21.3. The highest BCUT2D eigenvalue weighted by Gasteiger charge is 2.40. The van der Waals surface area contributed by atoms with Crippen molar-refractivity contribution < 1.29 is 72.5 Å². The fourth-order valence-electron chi connectivity index (χ4n) is 9.59. The van der Waals surface area contributed by atoms with Crippen molar-refractivity contribution in [2.24, 2.45) is 23.3 Å². The lowest BCUT2D eigenvalue weighted by molar-refractivity contribution is -0.141. The summed E-state index contributed by atoms with van der Waals surface area (Å²) in [6.07, 6.45) is 1.43. The van der Waals surface area contributed by atoms with Crippen LogP contribution in [0.1, 0.15) is 121 Å². The number of phenols is 1. The lowest BCUT2D eigenvalue weighted by Crippen LogP contribution is -2.52. The van der Waals surface area contributed by atoms with Crippen molar-refractivity contribution in [2.45, 2.75) is 152 Å². The maximum atomic E-state index is 14.3. The van der Waals surface area contributed by atoms with Crippen LogP contribution in [-0.4, -0.2) is 166 Å². The molecular formula is C58H82N12O15S. The van der Waals surface area contributed by atoms with Gasteiger partial charge in [0.15, 0.2) is 11.7 Å².